The van der Waals surface area contributed by atoms with Crippen LogP contribution in [0.4, 0.5) is 10.6 Å². The number of pyridine rings is 1. The minimum Gasteiger partial charge on any atom is -0.465 e. The fraction of sp³-hybridized carbons (Fsp3) is 0.412. The SMILES string of the molecule is Cn1nnc(N(C(=O)O)C(C)(C)C)c1-c1cnc2c3ccc(C(C)(C)O)cc3n(C(c3ccccc3)C3CCOCC3)c2c1. The van der Waals surface area contributed by atoms with Crippen LogP contribution in [0.5, 0.6) is 0 Å². The molecule has 44 heavy (non-hydrogen) atoms. The molecule has 4 heterocycles. The van der Waals surface area contributed by atoms with E-state index in [1.807, 2.05) is 39.0 Å². The summed E-state index contributed by atoms with van der Waals surface area (Å²) in [5.41, 5.74) is 4.22. The first kappa shape index (κ1) is 29.8. The van der Waals surface area contributed by atoms with Crippen molar-refractivity contribution in [2.45, 2.75) is 64.6 Å². The molecule has 1 saturated heterocycles. The molecule has 5 aromatic rings. The molecule has 0 radical (unpaired) electrons. The molecule has 0 aliphatic carbocycles. The Bertz CT molecular complexity index is 1820. The minimum absolute atomic E-state index is 0.0246. The standard InChI is InChI=1S/C34H40N6O4/c1-33(2,3)40(32(41)42)31-30(38(6)37-36-31)23-18-27-28(35-20-23)25-13-12-24(34(4,5)43)19-26(25)39(27)29(21-10-8-7-9-11-21)22-14-16-44-17-15-22/h7-13,18-20,22,29,43H,14-17H2,1-6H3,(H,41,42). The van der Waals surface area contributed by atoms with Crippen LogP contribution in [0.2, 0.25) is 0 Å². The lowest BCUT2D eigenvalue weighted by Crippen LogP contribution is -2.45. The quantitative estimate of drug-likeness (QED) is 0.229. The molecule has 10 heteroatoms. The number of carbonyl (C=O) groups is 1. The van der Waals surface area contributed by atoms with Gasteiger partial charge in [-0.3, -0.25) is 9.88 Å². The number of ether oxygens (including phenoxy) is 1. The second-order valence-electron chi connectivity index (χ2n) is 13.2. The summed E-state index contributed by atoms with van der Waals surface area (Å²) in [5.74, 6) is 0.557. The van der Waals surface area contributed by atoms with Crippen molar-refractivity contribution in [3.63, 3.8) is 0 Å². The maximum Gasteiger partial charge on any atom is 0.413 e. The van der Waals surface area contributed by atoms with Gasteiger partial charge in [0, 0.05) is 42.9 Å². The fourth-order valence-electron chi connectivity index (χ4n) is 6.54. The molecule has 1 atom stereocenters. The first-order chi connectivity index (χ1) is 20.9. The number of carboxylic acid groups (broad SMARTS) is 1. The molecule has 10 nitrogen and oxygen atoms in total. The summed E-state index contributed by atoms with van der Waals surface area (Å²) in [6.07, 6.45) is 2.49. The molecule has 0 bridgehead atoms. The number of aryl methyl sites for hydroxylation is 1. The molecule has 1 aliphatic rings. The number of aliphatic hydroxyl groups is 1. The van der Waals surface area contributed by atoms with Gasteiger partial charge in [0.1, 0.15) is 5.69 Å². The molecule has 2 N–H and O–H groups in total. The number of hydrogen-bond donors (Lipinski definition) is 2. The lowest BCUT2D eigenvalue weighted by molar-refractivity contribution is 0.0552. The lowest BCUT2D eigenvalue weighted by Gasteiger charge is -2.33. The van der Waals surface area contributed by atoms with Crippen molar-refractivity contribution in [2.75, 3.05) is 18.1 Å². The summed E-state index contributed by atoms with van der Waals surface area (Å²) in [6, 6.07) is 18.7. The zero-order chi connectivity index (χ0) is 31.4. The van der Waals surface area contributed by atoms with E-state index < -0.39 is 17.2 Å². The molecule has 0 saturated carbocycles. The van der Waals surface area contributed by atoms with Crippen LogP contribution in [0.3, 0.4) is 0 Å². The lowest BCUT2D eigenvalue weighted by atomic mass is 9.86. The van der Waals surface area contributed by atoms with Crippen LogP contribution < -0.4 is 4.90 Å². The Morgan fingerprint density at radius 2 is 1.73 bits per heavy atom. The highest BCUT2D eigenvalue weighted by atomic mass is 16.5. The normalized spacial score (nSPS) is 15.6. The Balaban J connectivity index is 1.67. The third kappa shape index (κ3) is 5.22. The molecule has 1 amide bonds. The number of amides is 1. The van der Waals surface area contributed by atoms with E-state index in [1.165, 1.54) is 10.5 Å². The van der Waals surface area contributed by atoms with Gasteiger partial charge in [-0.1, -0.05) is 47.7 Å². The van der Waals surface area contributed by atoms with Gasteiger partial charge in [-0.25, -0.2) is 9.48 Å². The largest absolute Gasteiger partial charge is 0.465 e. The van der Waals surface area contributed by atoms with E-state index in [4.69, 9.17) is 9.72 Å². The van der Waals surface area contributed by atoms with Gasteiger partial charge in [0.05, 0.1) is 28.2 Å². The van der Waals surface area contributed by atoms with E-state index in [9.17, 15) is 15.0 Å². The van der Waals surface area contributed by atoms with Gasteiger partial charge in [0.2, 0.25) is 0 Å². The number of fused-ring (bicyclic) bond motifs is 3. The Labute approximate surface area is 256 Å². The van der Waals surface area contributed by atoms with Crippen molar-refractivity contribution < 1.29 is 19.7 Å². The van der Waals surface area contributed by atoms with Gasteiger partial charge in [0.15, 0.2) is 5.82 Å². The molecular weight excluding hydrogens is 556 g/mol. The van der Waals surface area contributed by atoms with Gasteiger partial charge in [-0.05, 0) is 76.6 Å². The Morgan fingerprint density at radius 1 is 1.02 bits per heavy atom. The zero-order valence-electron chi connectivity index (χ0n) is 26.2. The van der Waals surface area contributed by atoms with Crippen LogP contribution in [0.15, 0.2) is 60.8 Å². The summed E-state index contributed by atoms with van der Waals surface area (Å²) in [7, 11) is 1.76. The van der Waals surface area contributed by atoms with Gasteiger partial charge >= 0.3 is 6.09 Å². The van der Waals surface area contributed by atoms with Gasteiger partial charge in [0.25, 0.3) is 0 Å². The van der Waals surface area contributed by atoms with Gasteiger partial charge < -0.3 is 19.5 Å². The third-order valence-corrected chi connectivity index (χ3v) is 8.63. The summed E-state index contributed by atoms with van der Waals surface area (Å²) < 4.78 is 9.75. The number of anilines is 1. The molecule has 2 aromatic carbocycles. The highest BCUT2D eigenvalue weighted by Crippen LogP contribution is 2.43. The molecule has 230 valence electrons. The number of hydrogen-bond acceptors (Lipinski definition) is 6. The molecule has 1 aliphatic heterocycles. The van der Waals surface area contributed by atoms with Crippen molar-refractivity contribution in [3.05, 3.63) is 71.9 Å². The topological polar surface area (TPSA) is 119 Å². The monoisotopic (exact) mass is 596 g/mol. The van der Waals surface area contributed by atoms with Crippen molar-refractivity contribution in [2.24, 2.45) is 13.0 Å². The summed E-state index contributed by atoms with van der Waals surface area (Å²) in [4.78, 5) is 18.7. The highest BCUT2D eigenvalue weighted by molar-refractivity contribution is 6.07. The fourth-order valence-corrected chi connectivity index (χ4v) is 6.54. The summed E-state index contributed by atoms with van der Waals surface area (Å²) in [5, 5.41) is 30.7. The van der Waals surface area contributed by atoms with Crippen molar-refractivity contribution >= 4 is 33.8 Å². The minimum atomic E-state index is -1.11. The number of aromatic nitrogens is 5. The van der Waals surface area contributed by atoms with Crippen LogP contribution >= 0.6 is 0 Å². The number of rotatable bonds is 6. The first-order valence-electron chi connectivity index (χ1n) is 15.1. The second kappa shape index (κ2) is 11.0. The Morgan fingerprint density at radius 3 is 2.36 bits per heavy atom. The summed E-state index contributed by atoms with van der Waals surface area (Å²) in [6.45, 7) is 10.5. The zero-order valence-corrected chi connectivity index (χ0v) is 26.2. The maximum absolute atomic E-state index is 12.5. The van der Waals surface area contributed by atoms with Crippen LogP contribution in [0.25, 0.3) is 33.2 Å². The van der Waals surface area contributed by atoms with Gasteiger partial charge in [-0.2, -0.15) is 0 Å². The molecule has 1 unspecified atom stereocenters. The van der Waals surface area contributed by atoms with Crippen molar-refractivity contribution in [1.82, 2.24) is 24.5 Å². The van der Waals surface area contributed by atoms with E-state index >= 15 is 0 Å². The molecule has 0 spiro atoms. The second-order valence-corrected chi connectivity index (χ2v) is 13.2. The van der Waals surface area contributed by atoms with E-state index in [0.29, 0.717) is 30.4 Å². The van der Waals surface area contributed by atoms with Crippen LogP contribution in [0.1, 0.15) is 64.6 Å². The van der Waals surface area contributed by atoms with E-state index in [-0.39, 0.29) is 11.9 Å². The van der Waals surface area contributed by atoms with Crippen molar-refractivity contribution in [1.29, 1.82) is 0 Å². The number of nitrogens with zero attached hydrogens (tertiary/aromatic N) is 6. The third-order valence-electron chi connectivity index (χ3n) is 8.63. The van der Waals surface area contributed by atoms with Crippen LogP contribution in [0, 0.1) is 5.92 Å². The first-order valence-corrected chi connectivity index (χ1v) is 15.1. The molecule has 3 aromatic heterocycles. The average molecular weight is 597 g/mol. The Hall–Kier alpha value is -4.28. The molecule has 1 fully saturated rings. The molecule has 6 rings (SSSR count). The summed E-state index contributed by atoms with van der Waals surface area (Å²) >= 11 is 0. The smallest absolute Gasteiger partial charge is 0.413 e. The maximum atomic E-state index is 12.5. The predicted octanol–water partition coefficient (Wildman–Crippen LogP) is 6.51. The van der Waals surface area contributed by atoms with E-state index in [2.05, 4.69) is 51.3 Å². The van der Waals surface area contributed by atoms with Gasteiger partial charge in [-0.15, -0.1) is 5.10 Å². The van der Waals surface area contributed by atoms with E-state index in [0.717, 1.165) is 40.3 Å². The average Bonchev–Trinajstić information content (AvgIpc) is 3.50. The molecular formula is C34H40N6O4. The Kier molecular flexibility index (Phi) is 7.45. The van der Waals surface area contributed by atoms with Crippen molar-refractivity contribution in [3.8, 4) is 11.3 Å². The van der Waals surface area contributed by atoms with Crippen LogP contribution in [-0.2, 0) is 17.4 Å². The van der Waals surface area contributed by atoms with Crippen LogP contribution in [-0.4, -0.2) is 59.6 Å². The highest BCUT2D eigenvalue weighted by Gasteiger charge is 2.35. The predicted molar refractivity (Wildman–Crippen MR) is 171 cm³/mol. The number of benzene rings is 2. The van der Waals surface area contributed by atoms with E-state index in [1.54, 1.807) is 31.8 Å².